The van der Waals surface area contributed by atoms with Gasteiger partial charge in [0.25, 0.3) is 5.91 Å². The zero-order chi connectivity index (χ0) is 15.5. The van der Waals surface area contributed by atoms with Crippen molar-refractivity contribution < 1.29 is 9.53 Å². The lowest BCUT2D eigenvalue weighted by atomic mass is 9.85. The Hall–Kier alpha value is -1.55. The number of piperazine rings is 1. The molecule has 4 nitrogen and oxygen atoms in total. The highest BCUT2D eigenvalue weighted by Crippen LogP contribution is 2.32. The number of nitrogens with zero attached hydrogens (tertiary/aromatic N) is 1. The molecule has 0 unspecified atom stereocenters. The quantitative estimate of drug-likeness (QED) is 0.929. The molecule has 21 heavy (non-hydrogen) atoms. The van der Waals surface area contributed by atoms with Crippen molar-refractivity contribution in [3.05, 3.63) is 29.3 Å². The number of nitrogens with one attached hydrogen (secondary N) is 1. The molecule has 1 aromatic carbocycles. The highest BCUT2D eigenvalue weighted by atomic mass is 16.5. The molecule has 1 amide bonds. The standard InChI is InChI=1S/C17H26N2O2/c1-5-21-15-7-6-13(12-14(15)17(2,3)4)16(20)19-10-8-18-9-11-19/h6-7,12,18H,5,8-11H2,1-4H3. The van der Waals surface area contributed by atoms with E-state index in [1.807, 2.05) is 30.0 Å². The molecule has 4 heteroatoms. The molecule has 1 aliphatic heterocycles. The van der Waals surface area contributed by atoms with Gasteiger partial charge in [0.15, 0.2) is 0 Å². The van der Waals surface area contributed by atoms with Gasteiger partial charge in [-0.3, -0.25) is 4.79 Å². The van der Waals surface area contributed by atoms with Crippen molar-refractivity contribution in [1.29, 1.82) is 0 Å². The third-order valence-electron chi connectivity index (χ3n) is 3.74. The summed E-state index contributed by atoms with van der Waals surface area (Å²) in [7, 11) is 0. The number of carbonyl (C=O) groups is 1. The Labute approximate surface area is 127 Å². The van der Waals surface area contributed by atoms with Crippen molar-refractivity contribution in [1.82, 2.24) is 10.2 Å². The highest BCUT2D eigenvalue weighted by molar-refractivity contribution is 5.94. The van der Waals surface area contributed by atoms with E-state index in [4.69, 9.17) is 4.74 Å². The van der Waals surface area contributed by atoms with Crippen molar-refractivity contribution in [2.45, 2.75) is 33.1 Å². The zero-order valence-electron chi connectivity index (χ0n) is 13.5. The number of hydrogen-bond donors (Lipinski definition) is 1. The normalized spacial score (nSPS) is 15.9. The second-order valence-corrected chi connectivity index (χ2v) is 6.44. The maximum absolute atomic E-state index is 12.6. The maximum Gasteiger partial charge on any atom is 0.253 e. The van der Waals surface area contributed by atoms with Crippen LogP contribution in [0.25, 0.3) is 0 Å². The molecule has 1 saturated heterocycles. The van der Waals surface area contributed by atoms with Crippen LogP contribution in [-0.4, -0.2) is 43.6 Å². The molecule has 0 aliphatic carbocycles. The van der Waals surface area contributed by atoms with Crippen LogP contribution in [0, 0.1) is 0 Å². The smallest absolute Gasteiger partial charge is 0.253 e. The number of rotatable bonds is 3. The van der Waals surface area contributed by atoms with Gasteiger partial charge in [-0.05, 0) is 30.5 Å². The number of carbonyl (C=O) groups excluding carboxylic acids is 1. The first kappa shape index (κ1) is 15.8. The summed E-state index contributed by atoms with van der Waals surface area (Å²) >= 11 is 0. The first-order valence-corrected chi connectivity index (χ1v) is 7.71. The molecule has 0 saturated carbocycles. The molecule has 0 atom stereocenters. The van der Waals surface area contributed by atoms with Crippen LogP contribution in [0.2, 0.25) is 0 Å². The first-order chi connectivity index (χ1) is 9.93. The van der Waals surface area contributed by atoms with Crippen LogP contribution in [0.1, 0.15) is 43.6 Å². The highest BCUT2D eigenvalue weighted by Gasteiger charge is 2.23. The van der Waals surface area contributed by atoms with Crippen LogP contribution in [0.3, 0.4) is 0 Å². The van der Waals surface area contributed by atoms with Gasteiger partial charge < -0.3 is 15.0 Å². The Bertz CT molecular complexity index is 500. The Morgan fingerprint density at radius 2 is 1.95 bits per heavy atom. The molecule has 2 rings (SSSR count). The van der Waals surface area contributed by atoms with Crippen LogP contribution in [0.15, 0.2) is 18.2 Å². The van der Waals surface area contributed by atoms with Crippen LogP contribution < -0.4 is 10.1 Å². The van der Waals surface area contributed by atoms with Gasteiger partial charge >= 0.3 is 0 Å². The summed E-state index contributed by atoms with van der Waals surface area (Å²) in [5.74, 6) is 0.993. The van der Waals surface area contributed by atoms with Gasteiger partial charge in [0, 0.05) is 37.3 Å². The lowest BCUT2D eigenvalue weighted by Crippen LogP contribution is -2.46. The molecule has 1 heterocycles. The average molecular weight is 290 g/mol. The van der Waals surface area contributed by atoms with Gasteiger partial charge in [-0.15, -0.1) is 0 Å². The zero-order valence-corrected chi connectivity index (χ0v) is 13.5. The molecule has 116 valence electrons. The van der Waals surface area contributed by atoms with Gasteiger partial charge in [-0.25, -0.2) is 0 Å². The minimum atomic E-state index is -0.0513. The molecule has 1 fully saturated rings. The summed E-state index contributed by atoms with van der Waals surface area (Å²) in [6.45, 7) is 12.3. The molecular formula is C17H26N2O2. The molecule has 0 spiro atoms. The van der Waals surface area contributed by atoms with Gasteiger partial charge in [0.2, 0.25) is 0 Å². The lowest BCUT2D eigenvalue weighted by Gasteiger charge is -2.28. The van der Waals surface area contributed by atoms with Gasteiger partial charge in [-0.1, -0.05) is 20.8 Å². The van der Waals surface area contributed by atoms with E-state index >= 15 is 0 Å². The Balaban J connectivity index is 2.30. The van der Waals surface area contributed by atoms with E-state index in [-0.39, 0.29) is 11.3 Å². The fraction of sp³-hybridized carbons (Fsp3) is 0.588. The van der Waals surface area contributed by atoms with Crippen molar-refractivity contribution in [3.63, 3.8) is 0 Å². The third-order valence-corrected chi connectivity index (χ3v) is 3.74. The van der Waals surface area contributed by atoms with E-state index in [0.717, 1.165) is 43.1 Å². The van der Waals surface area contributed by atoms with Crippen molar-refractivity contribution in [2.75, 3.05) is 32.8 Å². The van der Waals surface area contributed by atoms with Crippen molar-refractivity contribution in [2.24, 2.45) is 0 Å². The predicted molar refractivity (Wildman–Crippen MR) is 85.1 cm³/mol. The molecule has 1 aliphatic rings. The van der Waals surface area contributed by atoms with Crippen LogP contribution >= 0.6 is 0 Å². The second kappa shape index (κ2) is 6.48. The summed E-state index contributed by atoms with van der Waals surface area (Å²) in [6, 6.07) is 5.81. The minimum Gasteiger partial charge on any atom is -0.494 e. The lowest BCUT2D eigenvalue weighted by molar-refractivity contribution is 0.0735. The first-order valence-electron chi connectivity index (χ1n) is 7.71. The van der Waals surface area contributed by atoms with E-state index in [0.29, 0.717) is 6.61 Å². The number of ether oxygens (including phenoxy) is 1. The Morgan fingerprint density at radius 3 is 2.52 bits per heavy atom. The van der Waals surface area contributed by atoms with Crippen molar-refractivity contribution >= 4 is 5.91 Å². The molecule has 0 aromatic heterocycles. The fourth-order valence-corrected chi connectivity index (χ4v) is 2.58. The topological polar surface area (TPSA) is 41.6 Å². The van der Waals surface area contributed by atoms with Gasteiger partial charge in [0.05, 0.1) is 6.61 Å². The second-order valence-electron chi connectivity index (χ2n) is 6.44. The minimum absolute atomic E-state index is 0.0513. The summed E-state index contributed by atoms with van der Waals surface area (Å²) in [6.07, 6.45) is 0. The summed E-state index contributed by atoms with van der Waals surface area (Å²) in [4.78, 5) is 14.5. The predicted octanol–water partition coefficient (Wildman–Crippen LogP) is 2.43. The maximum atomic E-state index is 12.6. The molecule has 1 aromatic rings. The number of benzene rings is 1. The van der Waals surface area contributed by atoms with E-state index < -0.39 is 0 Å². The van der Waals surface area contributed by atoms with E-state index in [1.165, 1.54) is 0 Å². The van der Waals surface area contributed by atoms with E-state index in [9.17, 15) is 4.79 Å². The molecule has 0 bridgehead atoms. The van der Waals surface area contributed by atoms with E-state index in [1.54, 1.807) is 0 Å². The largest absolute Gasteiger partial charge is 0.494 e. The fourth-order valence-electron chi connectivity index (χ4n) is 2.58. The van der Waals surface area contributed by atoms with E-state index in [2.05, 4.69) is 26.1 Å². The number of amides is 1. The molecule has 0 radical (unpaired) electrons. The molecule has 1 N–H and O–H groups in total. The Morgan fingerprint density at radius 1 is 1.29 bits per heavy atom. The Kier molecular flexibility index (Phi) is 4.88. The summed E-state index contributed by atoms with van der Waals surface area (Å²) < 4.78 is 5.71. The SMILES string of the molecule is CCOc1ccc(C(=O)N2CCNCC2)cc1C(C)(C)C. The average Bonchev–Trinajstić information content (AvgIpc) is 2.47. The van der Waals surface area contributed by atoms with Gasteiger partial charge in [-0.2, -0.15) is 0 Å². The third kappa shape index (κ3) is 3.76. The number of hydrogen-bond acceptors (Lipinski definition) is 3. The molecular weight excluding hydrogens is 264 g/mol. The van der Waals surface area contributed by atoms with Gasteiger partial charge in [0.1, 0.15) is 5.75 Å². The summed E-state index contributed by atoms with van der Waals surface area (Å²) in [5, 5.41) is 3.27. The van der Waals surface area contributed by atoms with Crippen LogP contribution in [0.4, 0.5) is 0 Å². The monoisotopic (exact) mass is 290 g/mol. The van der Waals surface area contributed by atoms with Crippen molar-refractivity contribution in [3.8, 4) is 5.75 Å². The van der Waals surface area contributed by atoms with Crippen LogP contribution in [0.5, 0.6) is 5.75 Å². The van der Waals surface area contributed by atoms with Crippen LogP contribution in [-0.2, 0) is 5.41 Å². The summed E-state index contributed by atoms with van der Waals surface area (Å²) in [5.41, 5.74) is 1.79.